The Labute approximate surface area is 123 Å². The van der Waals surface area contributed by atoms with Gasteiger partial charge in [0, 0.05) is 20.5 Å². The van der Waals surface area contributed by atoms with Crippen LogP contribution in [0.5, 0.6) is 0 Å². The largest absolute Gasteiger partial charge is 0.343 e. The molecule has 2 rings (SSSR count). The number of hydrogen-bond acceptors (Lipinski definition) is 3. The molecule has 0 saturated heterocycles. The molecule has 21 heavy (non-hydrogen) atoms. The van der Waals surface area contributed by atoms with E-state index in [1.807, 2.05) is 30.3 Å². The molecule has 1 heterocycles. The number of hydrogen-bond donors (Lipinski definition) is 2. The van der Waals surface area contributed by atoms with Gasteiger partial charge in [0.05, 0.1) is 0 Å². The molecular weight excluding hydrogens is 268 g/mol. The average Bonchev–Trinajstić information content (AvgIpc) is 2.89. The third-order valence-corrected chi connectivity index (χ3v) is 3.06. The molecule has 0 unspecified atom stereocenters. The van der Waals surface area contributed by atoms with E-state index in [0.29, 0.717) is 24.3 Å². The number of anilines is 1. The molecule has 0 spiro atoms. The van der Waals surface area contributed by atoms with Crippen molar-refractivity contribution in [3.8, 4) is 0 Å². The van der Waals surface area contributed by atoms with Crippen molar-refractivity contribution < 1.29 is 9.59 Å². The van der Waals surface area contributed by atoms with Crippen molar-refractivity contribution in [3.05, 3.63) is 47.4 Å². The number of benzene rings is 1. The predicted molar refractivity (Wildman–Crippen MR) is 80.1 cm³/mol. The first-order chi connectivity index (χ1) is 10.1. The SMILES string of the molecule is CN(C)C(=O)c1[nH]c(CCc2ccccc2)nc1NC=O. The number of aryl methyl sites for hydroxylation is 2. The van der Waals surface area contributed by atoms with Crippen LogP contribution >= 0.6 is 0 Å². The van der Waals surface area contributed by atoms with Crippen LogP contribution in [0.25, 0.3) is 0 Å². The highest BCUT2D eigenvalue weighted by molar-refractivity contribution is 5.98. The normalized spacial score (nSPS) is 10.2. The summed E-state index contributed by atoms with van der Waals surface area (Å²) in [7, 11) is 3.30. The van der Waals surface area contributed by atoms with Gasteiger partial charge in [-0.1, -0.05) is 30.3 Å². The third kappa shape index (κ3) is 3.68. The number of carbonyl (C=O) groups is 2. The lowest BCUT2D eigenvalue weighted by molar-refractivity contribution is -0.105. The van der Waals surface area contributed by atoms with Crippen LogP contribution in [0.4, 0.5) is 5.82 Å². The number of H-pyrrole nitrogens is 1. The van der Waals surface area contributed by atoms with Crippen LogP contribution in [0.2, 0.25) is 0 Å². The molecule has 1 aromatic carbocycles. The molecular formula is C15H18N4O2. The summed E-state index contributed by atoms with van der Waals surface area (Å²) < 4.78 is 0. The highest BCUT2D eigenvalue weighted by Crippen LogP contribution is 2.15. The Kier molecular flexibility index (Phi) is 4.71. The van der Waals surface area contributed by atoms with E-state index in [1.54, 1.807) is 14.1 Å². The van der Waals surface area contributed by atoms with Crippen LogP contribution in [0.1, 0.15) is 21.9 Å². The first kappa shape index (κ1) is 14.8. The number of rotatable bonds is 6. The van der Waals surface area contributed by atoms with Gasteiger partial charge in [0.1, 0.15) is 11.5 Å². The van der Waals surface area contributed by atoms with Gasteiger partial charge in [0.15, 0.2) is 5.82 Å². The van der Waals surface area contributed by atoms with E-state index in [4.69, 9.17) is 0 Å². The summed E-state index contributed by atoms with van der Waals surface area (Å²) in [5.41, 5.74) is 1.49. The lowest BCUT2D eigenvalue weighted by atomic mass is 10.1. The predicted octanol–water partition coefficient (Wildman–Crippen LogP) is 1.46. The van der Waals surface area contributed by atoms with Gasteiger partial charge >= 0.3 is 0 Å². The van der Waals surface area contributed by atoms with E-state index < -0.39 is 0 Å². The molecule has 6 nitrogen and oxygen atoms in total. The quantitative estimate of drug-likeness (QED) is 0.789. The topological polar surface area (TPSA) is 78.1 Å². The number of aromatic amines is 1. The molecule has 0 bridgehead atoms. The van der Waals surface area contributed by atoms with Crippen molar-refractivity contribution in [2.24, 2.45) is 0 Å². The molecule has 0 atom stereocenters. The minimum atomic E-state index is -0.224. The Morgan fingerprint density at radius 1 is 1.29 bits per heavy atom. The van der Waals surface area contributed by atoms with Crippen LogP contribution in [0.3, 0.4) is 0 Å². The second-order valence-corrected chi connectivity index (χ2v) is 4.85. The number of imidazole rings is 1. The molecule has 0 aliphatic carbocycles. The number of amides is 2. The van der Waals surface area contributed by atoms with Gasteiger partial charge in [0.2, 0.25) is 6.41 Å². The lowest BCUT2D eigenvalue weighted by Crippen LogP contribution is -2.23. The van der Waals surface area contributed by atoms with Crippen molar-refractivity contribution in [2.45, 2.75) is 12.8 Å². The van der Waals surface area contributed by atoms with Gasteiger partial charge in [-0.25, -0.2) is 4.98 Å². The molecule has 6 heteroatoms. The number of nitrogens with one attached hydrogen (secondary N) is 2. The maximum atomic E-state index is 12.0. The number of nitrogens with zero attached hydrogens (tertiary/aromatic N) is 2. The van der Waals surface area contributed by atoms with Gasteiger partial charge in [-0.3, -0.25) is 9.59 Å². The molecule has 2 aromatic rings. The van der Waals surface area contributed by atoms with Crippen molar-refractivity contribution in [1.82, 2.24) is 14.9 Å². The van der Waals surface area contributed by atoms with Gasteiger partial charge in [-0.15, -0.1) is 0 Å². The van der Waals surface area contributed by atoms with Crippen LogP contribution in [0.15, 0.2) is 30.3 Å². The second kappa shape index (κ2) is 6.69. The zero-order valence-electron chi connectivity index (χ0n) is 12.1. The fraction of sp³-hybridized carbons (Fsp3) is 0.267. The lowest BCUT2D eigenvalue weighted by Gasteiger charge is -2.08. The van der Waals surface area contributed by atoms with Crippen molar-refractivity contribution in [3.63, 3.8) is 0 Å². The van der Waals surface area contributed by atoms with Gasteiger partial charge < -0.3 is 15.2 Å². The van der Waals surface area contributed by atoms with E-state index in [9.17, 15) is 9.59 Å². The second-order valence-electron chi connectivity index (χ2n) is 4.85. The first-order valence-corrected chi connectivity index (χ1v) is 6.66. The van der Waals surface area contributed by atoms with Crippen molar-refractivity contribution in [2.75, 3.05) is 19.4 Å². The Morgan fingerprint density at radius 2 is 2.00 bits per heavy atom. The summed E-state index contributed by atoms with van der Waals surface area (Å²) in [5, 5.41) is 2.46. The third-order valence-electron chi connectivity index (χ3n) is 3.06. The summed E-state index contributed by atoms with van der Waals surface area (Å²) >= 11 is 0. The number of aromatic nitrogens is 2. The van der Waals surface area contributed by atoms with E-state index in [2.05, 4.69) is 15.3 Å². The summed E-state index contributed by atoms with van der Waals surface area (Å²) in [6, 6.07) is 10.0. The van der Waals surface area contributed by atoms with E-state index >= 15 is 0 Å². The number of carbonyl (C=O) groups excluding carboxylic acids is 2. The van der Waals surface area contributed by atoms with Crippen LogP contribution in [-0.4, -0.2) is 41.3 Å². The molecule has 110 valence electrons. The summed E-state index contributed by atoms with van der Waals surface area (Å²) in [4.78, 5) is 31.3. The van der Waals surface area contributed by atoms with Gasteiger partial charge in [-0.2, -0.15) is 0 Å². The van der Waals surface area contributed by atoms with Crippen molar-refractivity contribution in [1.29, 1.82) is 0 Å². The molecule has 2 amide bonds. The summed E-state index contributed by atoms with van der Waals surface area (Å²) in [6.45, 7) is 0. The minimum Gasteiger partial charge on any atom is -0.343 e. The Balaban J connectivity index is 2.15. The van der Waals surface area contributed by atoms with Crippen LogP contribution < -0.4 is 5.32 Å². The molecule has 0 saturated carbocycles. The molecule has 0 fully saturated rings. The fourth-order valence-corrected chi connectivity index (χ4v) is 1.99. The zero-order valence-corrected chi connectivity index (χ0v) is 12.1. The molecule has 2 N–H and O–H groups in total. The Hall–Kier alpha value is -2.63. The smallest absolute Gasteiger partial charge is 0.273 e. The van der Waals surface area contributed by atoms with Crippen molar-refractivity contribution >= 4 is 18.1 Å². The van der Waals surface area contributed by atoms with Gasteiger partial charge in [-0.05, 0) is 12.0 Å². The maximum Gasteiger partial charge on any atom is 0.273 e. The molecule has 0 aliphatic rings. The van der Waals surface area contributed by atoms with Gasteiger partial charge in [0.25, 0.3) is 5.91 Å². The standard InChI is InChI=1S/C15H18N4O2/c1-19(2)15(21)13-14(16-10-20)18-12(17-13)9-8-11-6-4-3-5-7-11/h3-7,10H,8-9H2,1-2H3,(H,16,20)(H,17,18). The first-order valence-electron chi connectivity index (χ1n) is 6.66. The van der Waals surface area contributed by atoms with E-state index in [1.165, 1.54) is 10.5 Å². The summed E-state index contributed by atoms with van der Waals surface area (Å²) in [5.74, 6) is 0.720. The maximum absolute atomic E-state index is 12.0. The highest BCUT2D eigenvalue weighted by Gasteiger charge is 2.18. The fourth-order valence-electron chi connectivity index (χ4n) is 1.99. The van der Waals surface area contributed by atoms with Crippen LogP contribution in [-0.2, 0) is 17.6 Å². The molecule has 0 aliphatic heterocycles. The van der Waals surface area contributed by atoms with Crippen LogP contribution in [0, 0.1) is 0 Å². The minimum absolute atomic E-state index is 0.224. The highest BCUT2D eigenvalue weighted by atomic mass is 16.2. The monoisotopic (exact) mass is 286 g/mol. The average molecular weight is 286 g/mol. The zero-order chi connectivity index (χ0) is 15.2. The molecule has 0 radical (unpaired) electrons. The Bertz CT molecular complexity index is 620. The van der Waals surface area contributed by atoms with E-state index in [0.717, 1.165) is 6.42 Å². The van der Waals surface area contributed by atoms with E-state index in [-0.39, 0.29) is 11.7 Å². The Morgan fingerprint density at radius 3 is 2.62 bits per heavy atom. The molecule has 1 aromatic heterocycles. The summed E-state index contributed by atoms with van der Waals surface area (Å²) in [6.07, 6.45) is 1.99.